The number of carbonyl (C=O) groups excluding carboxylic acids is 1. The topological polar surface area (TPSA) is 46.5 Å². The summed E-state index contributed by atoms with van der Waals surface area (Å²) in [4.78, 5) is 13.1. The summed E-state index contributed by atoms with van der Waals surface area (Å²) < 4.78 is 7.04. The minimum Gasteiger partial charge on any atom is -1.00 e. The third-order valence-electron chi connectivity index (χ3n) is 6.78. The van der Waals surface area contributed by atoms with E-state index in [1.165, 1.54) is 25.9 Å². The molecule has 2 heterocycles. The van der Waals surface area contributed by atoms with Crippen LogP contribution >= 0.6 is 0 Å². The number of ether oxygens (including phenoxy) is 1. The monoisotopic (exact) mass is 423 g/mol. The van der Waals surface area contributed by atoms with Crippen LogP contribution in [0.1, 0.15) is 50.5 Å². The van der Waals surface area contributed by atoms with Gasteiger partial charge in [0, 0.05) is 25.2 Å². The molecule has 4 rings (SSSR count). The zero-order valence-electron chi connectivity index (χ0n) is 15.4. The molecule has 2 atom stereocenters. The lowest BCUT2D eigenvalue weighted by Gasteiger charge is -2.33. The summed E-state index contributed by atoms with van der Waals surface area (Å²) >= 11 is 0. The Labute approximate surface area is 166 Å². The summed E-state index contributed by atoms with van der Waals surface area (Å²) in [5, 5.41) is 11.5. The molecule has 0 amide bonds. The normalized spacial score (nSPS) is 27.2. The number of nitrogens with zero attached hydrogens (tertiary/aromatic N) is 1. The first-order valence-corrected chi connectivity index (χ1v) is 9.96. The summed E-state index contributed by atoms with van der Waals surface area (Å²) in [5.41, 5.74) is -0.800. The van der Waals surface area contributed by atoms with E-state index in [1.807, 2.05) is 30.3 Å². The van der Waals surface area contributed by atoms with E-state index in [-0.39, 0.29) is 29.0 Å². The van der Waals surface area contributed by atoms with E-state index in [0.29, 0.717) is 5.56 Å². The first-order chi connectivity index (χ1) is 12.1. The number of rotatable bonds is 4. The second-order valence-electron chi connectivity index (χ2n) is 8.33. The smallest absolute Gasteiger partial charge is 0.343 e. The predicted octanol–water partition coefficient (Wildman–Crippen LogP) is -0.00550. The van der Waals surface area contributed by atoms with E-state index >= 15 is 0 Å². The molecule has 3 aliphatic rings. The van der Waals surface area contributed by atoms with Crippen molar-refractivity contribution in [3.8, 4) is 0 Å². The number of quaternary nitrogens is 1. The summed E-state index contributed by atoms with van der Waals surface area (Å²) in [5.74, 6) is -0.450. The second kappa shape index (κ2) is 7.99. The minimum absolute atomic E-state index is 0. The molecule has 3 fully saturated rings. The predicted molar refractivity (Wildman–Crippen MR) is 95.8 cm³/mol. The fourth-order valence-corrected chi connectivity index (χ4v) is 5.34. The molecule has 1 spiro atoms. The van der Waals surface area contributed by atoms with Crippen molar-refractivity contribution in [3.63, 3.8) is 0 Å². The maximum absolute atomic E-state index is 13.1. The van der Waals surface area contributed by atoms with E-state index in [4.69, 9.17) is 4.74 Å². The number of halogens is 1. The molecule has 144 valence electrons. The molecular formula is C21H30BrNO3. The van der Waals surface area contributed by atoms with Crippen LogP contribution in [0.3, 0.4) is 0 Å². The van der Waals surface area contributed by atoms with Gasteiger partial charge in [-0.1, -0.05) is 43.2 Å². The summed E-state index contributed by atoms with van der Waals surface area (Å²) in [6, 6.07) is 9.43. The summed E-state index contributed by atoms with van der Waals surface area (Å²) in [6.45, 7) is 4.49. The maximum Gasteiger partial charge on any atom is 0.343 e. The number of esters is 1. The van der Waals surface area contributed by atoms with Crippen LogP contribution in [0.5, 0.6) is 0 Å². The Morgan fingerprint density at radius 1 is 1.00 bits per heavy atom. The number of aliphatic hydroxyl groups is 1. The van der Waals surface area contributed by atoms with E-state index in [9.17, 15) is 9.90 Å². The van der Waals surface area contributed by atoms with Crippen molar-refractivity contribution >= 4 is 5.97 Å². The molecule has 1 aliphatic carbocycles. The van der Waals surface area contributed by atoms with Gasteiger partial charge in [-0.25, -0.2) is 4.79 Å². The quantitative estimate of drug-likeness (QED) is 0.547. The minimum atomic E-state index is -1.49. The van der Waals surface area contributed by atoms with Crippen LogP contribution in [0.4, 0.5) is 0 Å². The largest absolute Gasteiger partial charge is 1.00 e. The van der Waals surface area contributed by atoms with E-state index in [1.54, 1.807) is 0 Å². The van der Waals surface area contributed by atoms with Gasteiger partial charge in [0.05, 0.1) is 19.6 Å². The number of hydrogen-bond acceptors (Lipinski definition) is 3. The van der Waals surface area contributed by atoms with Gasteiger partial charge in [0.2, 0.25) is 0 Å². The number of hydrogen-bond donors (Lipinski definition) is 1. The zero-order chi connectivity index (χ0) is 17.3. The fraction of sp³-hybridized carbons (Fsp3) is 0.667. The van der Waals surface area contributed by atoms with Crippen LogP contribution in [0.25, 0.3) is 0 Å². The molecule has 1 aromatic rings. The molecule has 0 bridgehead atoms. The van der Waals surface area contributed by atoms with Gasteiger partial charge in [0.1, 0.15) is 6.54 Å². The van der Waals surface area contributed by atoms with Crippen LogP contribution in [0.15, 0.2) is 30.3 Å². The molecule has 2 saturated heterocycles. The Hall–Kier alpha value is -0.910. The SMILES string of the molecule is O=C(OC1CC[N+]2(CCCC2)C1)C(O)(c1ccccc1)C1CCCC1.[Br-]. The Kier molecular flexibility index (Phi) is 6.10. The lowest BCUT2D eigenvalue weighted by Crippen LogP contribution is -3.00. The molecule has 5 heteroatoms. The lowest BCUT2D eigenvalue weighted by atomic mass is 9.80. The number of benzene rings is 1. The first-order valence-electron chi connectivity index (χ1n) is 9.96. The molecule has 1 N–H and O–H groups in total. The molecule has 0 radical (unpaired) electrons. The van der Waals surface area contributed by atoms with Gasteiger partial charge in [-0.05, 0) is 18.4 Å². The van der Waals surface area contributed by atoms with Gasteiger partial charge < -0.3 is 31.3 Å². The van der Waals surface area contributed by atoms with Crippen LogP contribution in [-0.4, -0.2) is 47.8 Å². The van der Waals surface area contributed by atoms with Crippen LogP contribution in [-0.2, 0) is 15.1 Å². The van der Waals surface area contributed by atoms with E-state index < -0.39 is 11.6 Å². The van der Waals surface area contributed by atoms with E-state index in [0.717, 1.165) is 49.7 Å². The average Bonchev–Trinajstić information content (AvgIpc) is 3.39. The Bertz CT molecular complexity index is 611. The standard InChI is InChI=1S/C21H30NO3.BrH/c23-20(25-19-12-15-22(16-19)13-6-7-14-22)21(24,18-10-4-5-11-18)17-8-2-1-3-9-17;/h1-3,8-9,18-19,24H,4-7,10-16H2;1H/q+1;/p-1. The fourth-order valence-electron chi connectivity index (χ4n) is 5.34. The highest BCUT2D eigenvalue weighted by Crippen LogP contribution is 2.42. The van der Waals surface area contributed by atoms with Crippen molar-refractivity contribution < 1.29 is 36.1 Å². The third kappa shape index (κ3) is 3.58. The van der Waals surface area contributed by atoms with Gasteiger partial charge in [-0.2, -0.15) is 0 Å². The van der Waals surface area contributed by atoms with Crippen molar-refractivity contribution in [2.75, 3.05) is 26.2 Å². The van der Waals surface area contributed by atoms with Crippen molar-refractivity contribution in [2.24, 2.45) is 5.92 Å². The van der Waals surface area contributed by atoms with Crippen LogP contribution in [0.2, 0.25) is 0 Å². The van der Waals surface area contributed by atoms with Crippen molar-refractivity contribution in [1.82, 2.24) is 0 Å². The molecule has 4 nitrogen and oxygen atoms in total. The highest BCUT2D eigenvalue weighted by molar-refractivity contribution is 5.81. The van der Waals surface area contributed by atoms with Crippen molar-refractivity contribution in [2.45, 2.75) is 56.7 Å². The summed E-state index contributed by atoms with van der Waals surface area (Å²) in [7, 11) is 0. The lowest BCUT2D eigenvalue weighted by molar-refractivity contribution is -0.906. The van der Waals surface area contributed by atoms with Crippen molar-refractivity contribution in [3.05, 3.63) is 35.9 Å². The van der Waals surface area contributed by atoms with Gasteiger partial charge in [0.15, 0.2) is 11.7 Å². The van der Waals surface area contributed by atoms with Gasteiger partial charge in [-0.15, -0.1) is 0 Å². The molecule has 1 saturated carbocycles. The molecule has 1 aromatic carbocycles. The molecule has 26 heavy (non-hydrogen) atoms. The molecule has 2 unspecified atom stereocenters. The Morgan fingerprint density at radius 2 is 1.65 bits per heavy atom. The molecule has 2 aliphatic heterocycles. The third-order valence-corrected chi connectivity index (χ3v) is 6.78. The highest BCUT2D eigenvalue weighted by Gasteiger charge is 2.50. The van der Waals surface area contributed by atoms with E-state index in [2.05, 4.69) is 0 Å². The van der Waals surface area contributed by atoms with Gasteiger partial charge in [-0.3, -0.25) is 0 Å². The Morgan fingerprint density at radius 3 is 2.31 bits per heavy atom. The Balaban J connectivity index is 0.00000196. The molecule has 0 aromatic heterocycles. The zero-order valence-corrected chi connectivity index (χ0v) is 17.0. The van der Waals surface area contributed by atoms with Crippen LogP contribution in [0, 0.1) is 5.92 Å². The summed E-state index contributed by atoms with van der Waals surface area (Å²) in [6.07, 6.45) is 7.42. The maximum atomic E-state index is 13.1. The first kappa shape index (κ1) is 19.8. The van der Waals surface area contributed by atoms with Gasteiger partial charge >= 0.3 is 5.97 Å². The second-order valence-corrected chi connectivity index (χ2v) is 8.33. The van der Waals surface area contributed by atoms with Crippen LogP contribution < -0.4 is 17.0 Å². The molecular weight excluding hydrogens is 394 g/mol. The van der Waals surface area contributed by atoms with Gasteiger partial charge in [0.25, 0.3) is 0 Å². The highest BCUT2D eigenvalue weighted by atomic mass is 79.9. The van der Waals surface area contributed by atoms with Crippen molar-refractivity contribution in [1.29, 1.82) is 0 Å². The number of carbonyl (C=O) groups is 1. The average molecular weight is 424 g/mol.